The largest absolute Gasteiger partial charge is 0.314 e. The van der Waals surface area contributed by atoms with Gasteiger partial charge in [0.05, 0.1) is 0 Å². The van der Waals surface area contributed by atoms with E-state index in [9.17, 15) is 0 Å². The molecule has 0 aliphatic heterocycles. The fourth-order valence-corrected chi connectivity index (χ4v) is 2.78. The van der Waals surface area contributed by atoms with Crippen LogP contribution >= 0.6 is 0 Å². The average molecular weight is 261 g/mol. The predicted octanol–water partition coefficient (Wildman–Crippen LogP) is 4.73. The van der Waals surface area contributed by atoms with Crippen molar-refractivity contribution in [2.45, 2.75) is 65.8 Å². The molecule has 0 fully saturated rings. The Labute approximate surface area is 119 Å². The lowest BCUT2D eigenvalue weighted by Crippen LogP contribution is -2.36. The molecule has 1 aromatic rings. The fourth-order valence-electron chi connectivity index (χ4n) is 2.78. The van der Waals surface area contributed by atoms with Crippen LogP contribution < -0.4 is 5.32 Å². The Balaban J connectivity index is 2.54. The molecule has 19 heavy (non-hydrogen) atoms. The molecule has 0 aliphatic carbocycles. The molecule has 0 bridgehead atoms. The molecular weight excluding hydrogens is 230 g/mol. The third-order valence-electron chi connectivity index (χ3n) is 4.07. The van der Waals surface area contributed by atoms with Crippen LogP contribution in [0.15, 0.2) is 24.3 Å². The van der Waals surface area contributed by atoms with Crippen molar-refractivity contribution in [3.63, 3.8) is 0 Å². The van der Waals surface area contributed by atoms with E-state index in [1.165, 1.54) is 43.2 Å². The molecule has 1 heteroatoms. The van der Waals surface area contributed by atoms with Gasteiger partial charge in [-0.05, 0) is 56.2 Å². The Morgan fingerprint density at radius 1 is 1.05 bits per heavy atom. The number of hydrogen-bond acceptors (Lipinski definition) is 1. The number of aryl methyl sites for hydroxylation is 2. The smallest absolute Gasteiger partial charge is 0.00958 e. The monoisotopic (exact) mass is 261 g/mol. The van der Waals surface area contributed by atoms with Gasteiger partial charge in [-0.25, -0.2) is 0 Å². The van der Waals surface area contributed by atoms with E-state index in [4.69, 9.17) is 0 Å². The summed E-state index contributed by atoms with van der Waals surface area (Å²) in [5.74, 6) is 0.778. The van der Waals surface area contributed by atoms with Crippen LogP contribution in [0.2, 0.25) is 0 Å². The van der Waals surface area contributed by atoms with E-state index >= 15 is 0 Å². The van der Waals surface area contributed by atoms with Gasteiger partial charge in [0.2, 0.25) is 0 Å². The first kappa shape index (κ1) is 16.2. The molecule has 1 nitrogen and oxygen atoms in total. The second kappa shape index (κ2) is 9.14. The maximum atomic E-state index is 3.74. The molecule has 0 saturated heterocycles. The van der Waals surface area contributed by atoms with Crippen molar-refractivity contribution < 1.29 is 0 Å². The molecule has 2 atom stereocenters. The summed E-state index contributed by atoms with van der Waals surface area (Å²) in [4.78, 5) is 0. The molecule has 1 rings (SSSR count). The molecule has 1 aromatic carbocycles. The number of nitrogens with one attached hydrogen (secondary N) is 1. The average Bonchev–Trinajstić information content (AvgIpc) is 2.41. The molecule has 1 N–H and O–H groups in total. The minimum absolute atomic E-state index is 0.666. The summed E-state index contributed by atoms with van der Waals surface area (Å²) in [6.07, 6.45) is 6.29. The highest BCUT2D eigenvalue weighted by Crippen LogP contribution is 2.17. The lowest BCUT2D eigenvalue weighted by molar-refractivity contribution is 0.337. The molecule has 0 aromatic heterocycles. The highest BCUT2D eigenvalue weighted by molar-refractivity contribution is 5.25. The Morgan fingerprint density at radius 2 is 1.79 bits per heavy atom. The van der Waals surface area contributed by atoms with Gasteiger partial charge in [0, 0.05) is 6.04 Å². The topological polar surface area (TPSA) is 12.0 Å². The minimum atomic E-state index is 0.666. The van der Waals surface area contributed by atoms with E-state index in [-0.39, 0.29) is 0 Å². The van der Waals surface area contributed by atoms with Gasteiger partial charge in [0.25, 0.3) is 0 Å². The van der Waals surface area contributed by atoms with Crippen molar-refractivity contribution in [1.29, 1.82) is 0 Å². The summed E-state index contributed by atoms with van der Waals surface area (Å²) in [6.45, 7) is 10.3. The third kappa shape index (κ3) is 5.78. The fraction of sp³-hybridized carbons (Fsp3) is 0.667. The zero-order valence-corrected chi connectivity index (χ0v) is 13.2. The molecule has 2 unspecified atom stereocenters. The van der Waals surface area contributed by atoms with E-state index < -0.39 is 0 Å². The van der Waals surface area contributed by atoms with Gasteiger partial charge < -0.3 is 5.32 Å². The Hall–Kier alpha value is -0.820. The quantitative estimate of drug-likeness (QED) is 0.677. The van der Waals surface area contributed by atoms with E-state index in [0.717, 1.165) is 12.5 Å². The summed E-state index contributed by atoms with van der Waals surface area (Å²) >= 11 is 0. The molecule has 0 spiro atoms. The first-order valence-corrected chi connectivity index (χ1v) is 7.96. The Bertz CT molecular complexity index is 345. The molecule has 0 amide bonds. The third-order valence-corrected chi connectivity index (χ3v) is 4.07. The summed E-state index contributed by atoms with van der Waals surface area (Å²) in [5.41, 5.74) is 2.94. The van der Waals surface area contributed by atoms with Crippen molar-refractivity contribution in [1.82, 2.24) is 5.32 Å². The summed E-state index contributed by atoms with van der Waals surface area (Å²) in [5, 5.41) is 3.74. The number of benzene rings is 1. The van der Waals surface area contributed by atoms with Crippen LogP contribution in [0.5, 0.6) is 0 Å². The van der Waals surface area contributed by atoms with Crippen LogP contribution in [-0.4, -0.2) is 12.6 Å². The van der Waals surface area contributed by atoms with Gasteiger partial charge in [0.15, 0.2) is 0 Å². The van der Waals surface area contributed by atoms with Crippen LogP contribution in [0.25, 0.3) is 0 Å². The van der Waals surface area contributed by atoms with Crippen molar-refractivity contribution in [3.8, 4) is 0 Å². The molecule has 108 valence electrons. The standard InChI is InChI=1S/C18H31N/c1-5-9-16(4)18(19-14-6-2)13-12-17-11-8-7-10-15(17)3/h7-8,10-11,16,18-19H,5-6,9,12-14H2,1-4H3. The van der Waals surface area contributed by atoms with Crippen LogP contribution in [0.4, 0.5) is 0 Å². The maximum absolute atomic E-state index is 3.74. The second-order valence-electron chi connectivity index (χ2n) is 5.79. The number of hydrogen-bond donors (Lipinski definition) is 1. The van der Waals surface area contributed by atoms with Gasteiger partial charge in [0.1, 0.15) is 0 Å². The van der Waals surface area contributed by atoms with Crippen LogP contribution in [0, 0.1) is 12.8 Å². The predicted molar refractivity (Wildman–Crippen MR) is 85.7 cm³/mol. The van der Waals surface area contributed by atoms with Crippen molar-refractivity contribution in [2.24, 2.45) is 5.92 Å². The van der Waals surface area contributed by atoms with E-state index in [2.05, 4.69) is 57.3 Å². The zero-order chi connectivity index (χ0) is 14.1. The van der Waals surface area contributed by atoms with Crippen molar-refractivity contribution in [2.75, 3.05) is 6.54 Å². The molecular formula is C18H31N. The van der Waals surface area contributed by atoms with Gasteiger partial charge >= 0.3 is 0 Å². The van der Waals surface area contributed by atoms with Gasteiger partial charge in [-0.15, -0.1) is 0 Å². The summed E-state index contributed by atoms with van der Waals surface area (Å²) < 4.78 is 0. The highest BCUT2D eigenvalue weighted by Gasteiger charge is 2.15. The van der Waals surface area contributed by atoms with Crippen LogP contribution in [0.3, 0.4) is 0 Å². The van der Waals surface area contributed by atoms with E-state index in [1.54, 1.807) is 0 Å². The lowest BCUT2D eigenvalue weighted by atomic mass is 9.91. The van der Waals surface area contributed by atoms with Gasteiger partial charge in [-0.2, -0.15) is 0 Å². The Morgan fingerprint density at radius 3 is 2.42 bits per heavy atom. The molecule has 0 aliphatic rings. The molecule has 0 heterocycles. The van der Waals surface area contributed by atoms with E-state index in [1.807, 2.05) is 0 Å². The molecule has 0 radical (unpaired) electrons. The summed E-state index contributed by atoms with van der Waals surface area (Å²) in [6, 6.07) is 9.45. The van der Waals surface area contributed by atoms with E-state index in [0.29, 0.717) is 6.04 Å². The second-order valence-corrected chi connectivity index (χ2v) is 5.79. The lowest BCUT2D eigenvalue weighted by Gasteiger charge is -2.25. The van der Waals surface area contributed by atoms with Crippen molar-refractivity contribution >= 4 is 0 Å². The Kier molecular flexibility index (Phi) is 7.81. The van der Waals surface area contributed by atoms with Crippen LogP contribution in [-0.2, 0) is 6.42 Å². The number of rotatable bonds is 9. The van der Waals surface area contributed by atoms with Gasteiger partial charge in [-0.1, -0.05) is 51.5 Å². The van der Waals surface area contributed by atoms with Gasteiger partial charge in [-0.3, -0.25) is 0 Å². The minimum Gasteiger partial charge on any atom is -0.314 e. The zero-order valence-electron chi connectivity index (χ0n) is 13.2. The first-order chi connectivity index (χ1) is 9.19. The maximum Gasteiger partial charge on any atom is 0.00958 e. The normalized spacial score (nSPS) is 14.3. The van der Waals surface area contributed by atoms with Crippen molar-refractivity contribution in [3.05, 3.63) is 35.4 Å². The first-order valence-electron chi connectivity index (χ1n) is 7.96. The SMILES string of the molecule is CCCNC(CCc1ccccc1C)C(C)CCC. The molecule has 0 saturated carbocycles. The van der Waals surface area contributed by atoms with Crippen LogP contribution in [0.1, 0.15) is 57.6 Å². The summed E-state index contributed by atoms with van der Waals surface area (Å²) in [7, 11) is 0. The highest BCUT2D eigenvalue weighted by atomic mass is 14.9.